The molecule has 3 N–H and O–H groups in total. The summed E-state index contributed by atoms with van der Waals surface area (Å²) < 4.78 is 5.25. The van der Waals surface area contributed by atoms with Crippen LogP contribution in [0, 0.1) is 5.92 Å². The third-order valence-corrected chi connectivity index (χ3v) is 4.45. The highest BCUT2D eigenvalue weighted by Crippen LogP contribution is 2.34. The van der Waals surface area contributed by atoms with Crippen LogP contribution in [0.2, 0.25) is 0 Å². The van der Waals surface area contributed by atoms with E-state index in [0.29, 0.717) is 16.9 Å². The molecule has 5 nitrogen and oxygen atoms in total. The van der Waals surface area contributed by atoms with Crippen LogP contribution in [-0.2, 0) is 0 Å². The Hall–Kier alpha value is -1.88. The summed E-state index contributed by atoms with van der Waals surface area (Å²) in [6, 6.07) is 3.39. The molecule has 1 aromatic rings. The SMILES string of the molecule is CCC(C)C(=O)c1cc(OC)cc(C(N)=O)c1C1CCNC1. The molecule has 120 valence electrons. The van der Waals surface area contributed by atoms with Gasteiger partial charge in [0.2, 0.25) is 5.91 Å². The van der Waals surface area contributed by atoms with Crippen molar-refractivity contribution in [3.8, 4) is 5.75 Å². The van der Waals surface area contributed by atoms with Gasteiger partial charge in [-0.1, -0.05) is 13.8 Å². The molecule has 0 saturated carbocycles. The number of carbonyl (C=O) groups is 2. The van der Waals surface area contributed by atoms with E-state index in [1.54, 1.807) is 12.1 Å². The Bertz CT molecular complexity index is 578. The first-order valence-electron chi connectivity index (χ1n) is 7.76. The van der Waals surface area contributed by atoms with Crippen molar-refractivity contribution in [2.45, 2.75) is 32.6 Å². The summed E-state index contributed by atoms with van der Waals surface area (Å²) in [7, 11) is 1.52. The van der Waals surface area contributed by atoms with Gasteiger partial charge >= 0.3 is 0 Å². The standard InChI is InChI=1S/C17H24N2O3/c1-4-10(2)16(20)13-7-12(22-3)8-14(17(18)21)15(13)11-5-6-19-9-11/h7-8,10-11,19H,4-6,9H2,1-3H3,(H2,18,21). The average Bonchev–Trinajstić information content (AvgIpc) is 3.05. The number of methoxy groups -OCH3 is 1. The number of nitrogens with one attached hydrogen (secondary N) is 1. The molecule has 0 aromatic heterocycles. The second-order valence-corrected chi connectivity index (χ2v) is 5.86. The molecule has 1 heterocycles. The van der Waals surface area contributed by atoms with Crippen molar-refractivity contribution in [3.63, 3.8) is 0 Å². The maximum absolute atomic E-state index is 12.8. The van der Waals surface area contributed by atoms with E-state index < -0.39 is 5.91 Å². The Morgan fingerprint density at radius 2 is 2.09 bits per heavy atom. The lowest BCUT2D eigenvalue weighted by Gasteiger charge is -2.20. The lowest BCUT2D eigenvalue weighted by atomic mass is 9.84. The second kappa shape index (κ2) is 6.92. The summed E-state index contributed by atoms with van der Waals surface area (Å²) in [4.78, 5) is 24.7. The van der Waals surface area contributed by atoms with Crippen molar-refractivity contribution in [2.75, 3.05) is 20.2 Å². The van der Waals surface area contributed by atoms with Gasteiger partial charge < -0.3 is 15.8 Å². The summed E-state index contributed by atoms with van der Waals surface area (Å²) in [5.74, 6) is 0.0670. The van der Waals surface area contributed by atoms with E-state index >= 15 is 0 Å². The van der Waals surface area contributed by atoms with Crippen LogP contribution in [-0.4, -0.2) is 31.9 Å². The monoisotopic (exact) mass is 304 g/mol. The smallest absolute Gasteiger partial charge is 0.249 e. The van der Waals surface area contributed by atoms with E-state index in [-0.39, 0.29) is 17.6 Å². The van der Waals surface area contributed by atoms with Gasteiger partial charge in [-0.15, -0.1) is 0 Å². The highest BCUT2D eigenvalue weighted by Gasteiger charge is 2.29. The fourth-order valence-corrected chi connectivity index (χ4v) is 2.94. The molecule has 1 saturated heterocycles. The van der Waals surface area contributed by atoms with E-state index in [1.807, 2.05) is 13.8 Å². The fraction of sp³-hybridized carbons (Fsp3) is 0.529. The predicted octanol–water partition coefficient (Wildman–Crippen LogP) is 2.10. The third kappa shape index (κ3) is 3.14. The lowest BCUT2D eigenvalue weighted by Crippen LogP contribution is -2.22. The van der Waals surface area contributed by atoms with Crippen LogP contribution < -0.4 is 15.8 Å². The fourth-order valence-electron chi connectivity index (χ4n) is 2.94. The molecule has 2 atom stereocenters. The van der Waals surface area contributed by atoms with Crippen molar-refractivity contribution < 1.29 is 14.3 Å². The molecule has 0 aliphatic carbocycles. The van der Waals surface area contributed by atoms with Crippen molar-refractivity contribution >= 4 is 11.7 Å². The van der Waals surface area contributed by atoms with Gasteiger partial charge in [0.05, 0.1) is 7.11 Å². The minimum Gasteiger partial charge on any atom is -0.497 e. The van der Waals surface area contributed by atoms with E-state index in [9.17, 15) is 9.59 Å². The molecule has 1 fully saturated rings. The van der Waals surface area contributed by atoms with Gasteiger partial charge in [-0.2, -0.15) is 0 Å². The molecule has 0 spiro atoms. The Balaban J connectivity index is 2.63. The van der Waals surface area contributed by atoms with Crippen LogP contribution in [0.5, 0.6) is 5.75 Å². The number of hydrogen-bond acceptors (Lipinski definition) is 4. The third-order valence-electron chi connectivity index (χ3n) is 4.45. The maximum Gasteiger partial charge on any atom is 0.249 e. The number of ether oxygens (including phenoxy) is 1. The summed E-state index contributed by atoms with van der Waals surface area (Å²) in [6.45, 7) is 5.52. The number of Topliss-reactive ketones (excluding diaryl/α,β-unsaturated/α-hetero) is 1. The number of rotatable bonds is 6. The number of hydrogen-bond donors (Lipinski definition) is 2. The number of primary amides is 1. The Labute approximate surface area is 131 Å². The zero-order chi connectivity index (χ0) is 16.3. The topological polar surface area (TPSA) is 81.4 Å². The van der Waals surface area contributed by atoms with E-state index in [2.05, 4.69) is 5.32 Å². The Kier molecular flexibility index (Phi) is 5.19. The minimum atomic E-state index is -0.515. The van der Waals surface area contributed by atoms with Gasteiger partial charge in [0, 0.05) is 23.6 Å². The van der Waals surface area contributed by atoms with Crippen molar-refractivity contribution in [2.24, 2.45) is 11.7 Å². The van der Waals surface area contributed by atoms with E-state index in [0.717, 1.165) is 31.5 Å². The zero-order valence-corrected chi connectivity index (χ0v) is 13.4. The summed E-state index contributed by atoms with van der Waals surface area (Å²) in [6.07, 6.45) is 1.65. The van der Waals surface area contributed by atoms with Crippen LogP contribution in [0.25, 0.3) is 0 Å². The van der Waals surface area contributed by atoms with Crippen LogP contribution in [0.15, 0.2) is 12.1 Å². The summed E-state index contributed by atoms with van der Waals surface area (Å²) >= 11 is 0. The van der Waals surface area contributed by atoms with Gasteiger partial charge in [-0.25, -0.2) is 0 Å². The molecular formula is C17H24N2O3. The van der Waals surface area contributed by atoms with Crippen molar-refractivity contribution in [1.82, 2.24) is 5.32 Å². The largest absolute Gasteiger partial charge is 0.497 e. The number of benzene rings is 1. The number of ketones is 1. The van der Waals surface area contributed by atoms with Crippen LogP contribution >= 0.6 is 0 Å². The van der Waals surface area contributed by atoms with Gasteiger partial charge in [-0.3, -0.25) is 9.59 Å². The predicted molar refractivity (Wildman–Crippen MR) is 85.5 cm³/mol. The number of carbonyl (C=O) groups excluding carboxylic acids is 2. The molecule has 22 heavy (non-hydrogen) atoms. The molecule has 1 aliphatic rings. The molecule has 5 heteroatoms. The highest BCUT2D eigenvalue weighted by molar-refractivity contribution is 6.04. The van der Waals surface area contributed by atoms with Crippen molar-refractivity contribution in [1.29, 1.82) is 0 Å². The quantitative estimate of drug-likeness (QED) is 0.789. The Morgan fingerprint density at radius 3 is 2.59 bits per heavy atom. The normalized spacial score (nSPS) is 19.0. The molecule has 2 unspecified atom stereocenters. The first-order chi connectivity index (χ1) is 10.5. The van der Waals surface area contributed by atoms with Crippen LogP contribution in [0.1, 0.15) is 58.9 Å². The van der Waals surface area contributed by atoms with E-state index in [4.69, 9.17) is 10.5 Å². The number of nitrogens with two attached hydrogens (primary N) is 1. The summed E-state index contributed by atoms with van der Waals surface area (Å²) in [5, 5.41) is 3.28. The molecule has 2 rings (SSSR count). The molecule has 0 radical (unpaired) electrons. The van der Waals surface area contributed by atoms with Crippen molar-refractivity contribution in [3.05, 3.63) is 28.8 Å². The molecule has 1 aliphatic heterocycles. The lowest BCUT2D eigenvalue weighted by molar-refractivity contribution is 0.0925. The molecule has 1 amide bonds. The summed E-state index contributed by atoms with van der Waals surface area (Å²) in [5.41, 5.74) is 7.32. The van der Waals surface area contributed by atoms with Gasteiger partial charge in [0.15, 0.2) is 5.78 Å². The Morgan fingerprint density at radius 1 is 1.41 bits per heavy atom. The highest BCUT2D eigenvalue weighted by atomic mass is 16.5. The van der Waals surface area contributed by atoms with Crippen LogP contribution in [0.4, 0.5) is 0 Å². The van der Waals surface area contributed by atoms with Crippen LogP contribution in [0.3, 0.4) is 0 Å². The van der Waals surface area contributed by atoms with Gasteiger partial charge in [0.1, 0.15) is 5.75 Å². The first-order valence-corrected chi connectivity index (χ1v) is 7.76. The average molecular weight is 304 g/mol. The van der Waals surface area contributed by atoms with Gasteiger partial charge in [0.25, 0.3) is 0 Å². The molecular weight excluding hydrogens is 280 g/mol. The van der Waals surface area contributed by atoms with E-state index in [1.165, 1.54) is 7.11 Å². The minimum absolute atomic E-state index is 0.0470. The number of amides is 1. The molecule has 1 aromatic carbocycles. The van der Waals surface area contributed by atoms with Gasteiger partial charge in [-0.05, 0) is 43.0 Å². The second-order valence-electron chi connectivity index (χ2n) is 5.86. The maximum atomic E-state index is 12.8. The zero-order valence-electron chi connectivity index (χ0n) is 13.4. The first kappa shape index (κ1) is 16.5. The molecule has 0 bridgehead atoms.